The zero-order valence-corrected chi connectivity index (χ0v) is 11.4. The second-order valence-electron chi connectivity index (χ2n) is 3.62. The first-order valence-electron chi connectivity index (χ1n) is 5.75. The summed E-state index contributed by atoms with van der Waals surface area (Å²) in [5.41, 5.74) is 5.70. The number of hydrogen-bond acceptors (Lipinski definition) is 6. The van der Waals surface area contributed by atoms with Gasteiger partial charge in [0.05, 0.1) is 13.7 Å². The van der Waals surface area contributed by atoms with E-state index in [0.717, 1.165) is 22.3 Å². The molecule has 2 aromatic rings. The summed E-state index contributed by atoms with van der Waals surface area (Å²) in [5, 5.41) is 0.737. The molecule has 0 spiro atoms. The van der Waals surface area contributed by atoms with Crippen LogP contribution in [0.2, 0.25) is 0 Å². The fourth-order valence-electron chi connectivity index (χ4n) is 1.42. The Balaban J connectivity index is 1.76. The Morgan fingerprint density at radius 2 is 1.79 bits per heavy atom. The molecule has 2 rings (SSSR count). The number of aromatic nitrogens is 2. The van der Waals surface area contributed by atoms with Gasteiger partial charge < -0.3 is 15.2 Å². The molecule has 0 aliphatic rings. The van der Waals surface area contributed by atoms with Crippen LogP contribution in [0.1, 0.15) is 0 Å². The van der Waals surface area contributed by atoms with Gasteiger partial charge in [-0.2, -0.15) is 0 Å². The summed E-state index contributed by atoms with van der Waals surface area (Å²) >= 11 is 1.53. The lowest BCUT2D eigenvalue weighted by atomic mass is 10.3. The molecule has 0 aliphatic carbocycles. The number of rotatable bonds is 6. The first-order chi connectivity index (χ1) is 9.29. The topological polar surface area (TPSA) is 70.3 Å². The standard InChI is InChI=1S/C13H15N3O2S/c1-17-10-2-4-11(5-3-10)18-8-9-19-13-12(14)15-6-7-16-13/h2-7H,8-9H2,1H3,(H2,14,15). The van der Waals surface area contributed by atoms with Gasteiger partial charge in [0.1, 0.15) is 16.5 Å². The average Bonchev–Trinajstić information content (AvgIpc) is 2.46. The number of benzene rings is 1. The maximum atomic E-state index is 5.70. The monoisotopic (exact) mass is 277 g/mol. The van der Waals surface area contributed by atoms with Gasteiger partial charge in [-0.3, -0.25) is 0 Å². The van der Waals surface area contributed by atoms with Gasteiger partial charge in [-0.05, 0) is 24.3 Å². The Bertz CT molecular complexity index is 520. The molecule has 1 heterocycles. The summed E-state index contributed by atoms with van der Waals surface area (Å²) in [5.74, 6) is 2.84. The second-order valence-corrected chi connectivity index (χ2v) is 4.70. The highest BCUT2D eigenvalue weighted by Crippen LogP contribution is 2.20. The van der Waals surface area contributed by atoms with E-state index >= 15 is 0 Å². The van der Waals surface area contributed by atoms with Gasteiger partial charge in [0.25, 0.3) is 0 Å². The lowest BCUT2D eigenvalue weighted by molar-refractivity contribution is 0.342. The zero-order chi connectivity index (χ0) is 13.5. The van der Waals surface area contributed by atoms with Crippen LogP contribution in [0, 0.1) is 0 Å². The first-order valence-corrected chi connectivity index (χ1v) is 6.74. The quantitative estimate of drug-likeness (QED) is 0.645. The van der Waals surface area contributed by atoms with E-state index in [9.17, 15) is 0 Å². The highest BCUT2D eigenvalue weighted by Gasteiger charge is 2.02. The number of ether oxygens (including phenoxy) is 2. The van der Waals surface area contributed by atoms with Crippen molar-refractivity contribution in [2.45, 2.75) is 5.03 Å². The van der Waals surface area contributed by atoms with Crippen LogP contribution in [0.5, 0.6) is 11.5 Å². The van der Waals surface area contributed by atoms with Crippen LogP contribution >= 0.6 is 11.8 Å². The van der Waals surface area contributed by atoms with Gasteiger partial charge in [-0.15, -0.1) is 0 Å². The van der Waals surface area contributed by atoms with E-state index in [-0.39, 0.29) is 0 Å². The van der Waals surface area contributed by atoms with E-state index in [0.29, 0.717) is 12.4 Å². The number of anilines is 1. The molecule has 1 aromatic carbocycles. The lowest BCUT2D eigenvalue weighted by Crippen LogP contribution is -2.02. The van der Waals surface area contributed by atoms with Gasteiger partial charge in [-0.25, -0.2) is 9.97 Å². The summed E-state index contributed by atoms with van der Waals surface area (Å²) < 4.78 is 10.7. The van der Waals surface area contributed by atoms with Crippen molar-refractivity contribution < 1.29 is 9.47 Å². The Kier molecular flexibility index (Phi) is 4.85. The number of methoxy groups -OCH3 is 1. The van der Waals surface area contributed by atoms with Gasteiger partial charge in [0.15, 0.2) is 5.82 Å². The van der Waals surface area contributed by atoms with Crippen molar-refractivity contribution in [1.82, 2.24) is 9.97 Å². The third-order valence-electron chi connectivity index (χ3n) is 2.34. The smallest absolute Gasteiger partial charge is 0.156 e. The number of thioether (sulfide) groups is 1. The van der Waals surface area contributed by atoms with E-state index in [2.05, 4.69) is 9.97 Å². The Morgan fingerprint density at radius 3 is 2.47 bits per heavy atom. The third-order valence-corrected chi connectivity index (χ3v) is 3.30. The van der Waals surface area contributed by atoms with Crippen LogP contribution in [-0.4, -0.2) is 29.4 Å². The van der Waals surface area contributed by atoms with Crippen molar-refractivity contribution >= 4 is 17.6 Å². The average molecular weight is 277 g/mol. The van der Waals surface area contributed by atoms with Crippen LogP contribution in [0.3, 0.4) is 0 Å². The lowest BCUT2D eigenvalue weighted by Gasteiger charge is -2.07. The number of nitrogens with two attached hydrogens (primary N) is 1. The molecule has 0 saturated heterocycles. The summed E-state index contributed by atoms with van der Waals surface area (Å²) in [6.45, 7) is 0.576. The van der Waals surface area contributed by atoms with Crippen molar-refractivity contribution in [3.8, 4) is 11.5 Å². The van der Waals surface area contributed by atoms with E-state index in [1.165, 1.54) is 11.8 Å². The number of hydrogen-bond donors (Lipinski definition) is 1. The van der Waals surface area contributed by atoms with Crippen LogP contribution in [0.4, 0.5) is 5.82 Å². The van der Waals surface area contributed by atoms with E-state index < -0.39 is 0 Å². The number of nitrogen functional groups attached to an aromatic ring is 1. The van der Waals surface area contributed by atoms with Crippen molar-refractivity contribution in [2.24, 2.45) is 0 Å². The summed E-state index contributed by atoms with van der Waals surface area (Å²) in [6.07, 6.45) is 3.20. The first kappa shape index (κ1) is 13.5. The molecule has 2 N–H and O–H groups in total. The molecule has 19 heavy (non-hydrogen) atoms. The maximum Gasteiger partial charge on any atom is 0.156 e. The van der Waals surface area contributed by atoms with Crippen LogP contribution in [-0.2, 0) is 0 Å². The van der Waals surface area contributed by atoms with Gasteiger partial charge >= 0.3 is 0 Å². The molecule has 0 unspecified atom stereocenters. The van der Waals surface area contributed by atoms with E-state index in [1.54, 1.807) is 19.5 Å². The van der Waals surface area contributed by atoms with Gasteiger partial charge in [0, 0.05) is 18.1 Å². The highest BCUT2D eigenvalue weighted by atomic mass is 32.2. The van der Waals surface area contributed by atoms with E-state index in [1.807, 2.05) is 24.3 Å². The van der Waals surface area contributed by atoms with Crippen LogP contribution in [0.15, 0.2) is 41.7 Å². The normalized spacial score (nSPS) is 10.2. The molecule has 1 aromatic heterocycles. The minimum atomic E-state index is 0.456. The minimum absolute atomic E-state index is 0.456. The molecule has 5 nitrogen and oxygen atoms in total. The summed E-state index contributed by atoms with van der Waals surface area (Å²) in [7, 11) is 1.64. The van der Waals surface area contributed by atoms with Crippen molar-refractivity contribution in [3.63, 3.8) is 0 Å². The third kappa shape index (κ3) is 4.03. The SMILES string of the molecule is COc1ccc(OCCSc2nccnc2N)cc1. The molecule has 0 amide bonds. The van der Waals surface area contributed by atoms with Crippen LogP contribution in [0.25, 0.3) is 0 Å². The summed E-state index contributed by atoms with van der Waals surface area (Å²) in [6, 6.07) is 7.48. The summed E-state index contributed by atoms with van der Waals surface area (Å²) in [4.78, 5) is 8.12. The molecule has 0 radical (unpaired) electrons. The Hall–Kier alpha value is -1.95. The second kappa shape index (κ2) is 6.84. The highest BCUT2D eigenvalue weighted by molar-refractivity contribution is 7.99. The molecule has 0 atom stereocenters. The molecule has 0 bridgehead atoms. The Morgan fingerprint density at radius 1 is 1.11 bits per heavy atom. The zero-order valence-electron chi connectivity index (χ0n) is 10.6. The molecule has 0 saturated carbocycles. The molecular weight excluding hydrogens is 262 g/mol. The molecule has 100 valence electrons. The maximum absolute atomic E-state index is 5.70. The number of nitrogens with zero attached hydrogens (tertiary/aromatic N) is 2. The van der Waals surface area contributed by atoms with Crippen molar-refractivity contribution in [1.29, 1.82) is 0 Å². The predicted molar refractivity (Wildman–Crippen MR) is 75.7 cm³/mol. The Labute approximate surface area is 116 Å². The van der Waals surface area contributed by atoms with Gasteiger partial charge in [0.2, 0.25) is 0 Å². The largest absolute Gasteiger partial charge is 0.497 e. The van der Waals surface area contributed by atoms with Crippen molar-refractivity contribution in [3.05, 3.63) is 36.7 Å². The molecule has 0 aliphatic heterocycles. The van der Waals surface area contributed by atoms with Crippen molar-refractivity contribution in [2.75, 3.05) is 25.2 Å². The predicted octanol–water partition coefficient (Wildman–Crippen LogP) is 2.24. The van der Waals surface area contributed by atoms with Gasteiger partial charge in [-0.1, -0.05) is 11.8 Å². The fourth-order valence-corrected chi connectivity index (χ4v) is 2.11. The molecular formula is C13H15N3O2S. The molecule has 0 fully saturated rings. The fraction of sp³-hybridized carbons (Fsp3) is 0.231. The van der Waals surface area contributed by atoms with E-state index in [4.69, 9.17) is 15.2 Å². The van der Waals surface area contributed by atoms with Crippen LogP contribution < -0.4 is 15.2 Å². The molecule has 6 heteroatoms. The minimum Gasteiger partial charge on any atom is -0.497 e.